The van der Waals surface area contributed by atoms with E-state index in [0.29, 0.717) is 12.8 Å². The van der Waals surface area contributed by atoms with E-state index < -0.39 is 55.4 Å². The molecule has 4 N–H and O–H groups in total. The Labute approximate surface area is 346 Å². The second-order valence-corrected chi connectivity index (χ2v) is 15.5. The second kappa shape index (κ2) is 37.9. The summed E-state index contributed by atoms with van der Waals surface area (Å²) in [7, 11) is 0. The van der Waals surface area contributed by atoms with Crippen LogP contribution in [0.25, 0.3) is 0 Å². The second-order valence-electron chi connectivity index (χ2n) is 15.5. The fraction of sp³-hybridized carbons (Fsp3) is 0.787. The van der Waals surface area contributed by atoms with Crippen molar-refractivity contribution in [1.29, 1.82) is 0 Å². The van der Waals surface area contributed by atoms with Gasteiger partial charge in [-0.1, -0.05) is 152 Å². The molecule has 6 atom stereocenters. The van der Waals surface area contributed by atoms with Crippen LogP contribution in [0, 0.1) is 0 Å². The van der Waals surface area contributed by atoms with Gasteiger partial charge in [0.2, 0.25) is 0 Å². The molecule has 0 aromatic heterocycles. The summed E-state index contributed by atoms with van der Waals surface area (Å²) in [5, 5.41) is 40.1. The quantitative estimate of drug-likeness (QED) is 0.0271. The Morgan fingerprint density at radius 3 is 1.60 bits per heavy atom. The number of allylic oxidation sites excluding steroid dienone is 8. The Balaban J connectivity index is 2.37. The van der Waals surface area contributed by atoms with E-state index in [2.05, 4.69) is 56.4 Å². The highest BCUT2D eigenvalue weighted by Crippen LogP contribution is 2.22. The lowest BCUT2D eigenvalue weighted by molar-refractivity contribution is -0.305. The molecule has 1 rings (SSSR count). The van der Waals surface area contributed by atoms with E-state index >= 15 is 0 Å². The average Bonchev–Trinajstić information content (AvgIpc) is 3.21. The summed E-state index contributed by atoms with van der Waals surface area (Å²) in [5.74, 6) is -0.889. The van der Waals surface area contributed by atoms with Crippen LogP contribution in [0.3, 0.4) is 0 Å². The van der Waals surface area contributed by atoms with Gasteiger partial charge in [-0.05, 0) is 64.2 Å². The Hall–Kier alpha value is -2.34. The molecule has 0 amide bonds. The summed E-state index contributed by atoms with van der Waals surface area (Å²) in [4.78, 5) is 25.3. The van der Waals surface area contributed by atoms with Crippen molar-refractivity contribution < 1.29 is 49.0 Å². The number of esters is 2. The van der Waals surface area contributed by atoms with Gasteiger partial charge in [-0.2, -0.15) is 0 Å². The summed E-state index contributed by atoms with van der Waals surface area (Å²) in [6, 6.07) is 0. The molecule has 57 heavy (non-hydrogen) atoms. The van der Waals surface area contributed by atoms with Crippen LogP contribution in [0.4, 0.5) is 0 Å². The Kier molecular flexibility index (Phi) is 35.0. The van der Waals surface area contributed by atoms with Crippen molar-refractivity contribution in [3.8, 4) is 0 Å². The predicted molar refractivity (Wildman–Crippen MR) is 229 cm³/mol. The van der Waals surface area contributed by atoms with Gasteiger partial charge in [0, 0.05) is 12.8 Å². The Morgan fingerprint density at radius 2 is 1.02 bits per heavy atom. The Bertz CT molecular complexity index is 1070. The highest BCUT2D eigenvalue weighted by atomic mass is 16.7. The van der Waals surface area contributed by atoms with E-state index in [0.717, 1.165) is 51.4 Å². The minimum Gasteiger partial charge on any atom is -0.462 e. The number of unbranched alkanes of at least 4 members (excludes halogenated alkanes) is 18. The minimum atomic E-state index is -1.60. The molecule has 330 valence electrons. The highest BCUT2D eigenvalue weighted by molar-refractivity contribution is 5.70. The van der Waals surface area contributed by atoms with E-state index in [1.807, 2.05) is 6.08 Å². The summed E-state index contributed by atoms with van der Waals surface area (Å²) < 4.78 is 22.1. The van der Waals surface area contributed by atoms with Gasteiger partial charge in [0.15, 0.2) is 12.4 Å². The lowest BCUT2D eigenvalue weighted by Crippen LogP contribution is -2.59. The zero-order valence-corrected chi connectivity index (χ0v) is 35.8. The van der Waals surface area contributed by atoms with Crippen LogP contribution in [-0.2, 0) is 28.5 Å². The van der Waals surface area contributed by atoms with Gasteiger partial charge in [-0.3, -0.25) is 9.59 Å². The van der Waals surface area contributed by atoms with Gasteiger partial charge in [-0.15, -0.1) is 0 Å². The summed E-state index contributed by atoms with van der Waals surface area (Å²) in [6.45, 7) is 3.33. The zero-order valence-electron chi connectivity index (χ0n) is 35.8. The van der Waals surface area contributed by atoms with Crippen LogP contribution in [0.1, 0.15) is 181 Å². The smallest absolute Gasteiger partial charge is 0.306 e. The molecule has 0 saturated carbocycles. The number of rotatable bonds is 37. The molecular weight excluding hydrogens is 725 g/mol. The van der Waals surface area contributed by atoms with Gasteiger partial charge in [-0.25, -0.2) is 0 Å². The average molecular weight is 807 g/mol. The van der Waals surface area contributed by atoms with Gasteiger partial charge < -0.3 is 39.4 Å². The van der Waals surface area contributed by atoms with E-state index in [1.54, 1.807) is 0 Å². The number of hydrogen-bond acceptors (Lipinski definition) is 10. The number of carbonyl (C=O) groups excluding carboxylic acids is 2. The molecule has 1 saturated heterocycles. The molecule has 1 heterocycles. The summed E-state index contributed by atoms with van der Waals surface area (Å²) >= 11 is 0. The molecular formula is C47H82O10. The van der Waals surface area contributed by atoms with E-state index in [9.17, 15) is 30.0 Å². The number of ether oxygens (including phenoxy) is 4. The molecule has 1 aliphatic heterocycles. The lowest BCUT2D eigenvalue weighted by Gasteiger charge is -2.39. The van der Waals surface area contributed by atoms with Crippen LogP contribution in [0.15, 0.2) is 48.6 Å². The molecule has 0 spiro atoms. The first-order valence-corrected chi connectivity index (χ1v) is 22.7. The van der Waals surface area contributed by atoms with Crippen LogP contribution in [0.2, 0.25) is 0 Å². The number of aliphatic hydroxyl groups excluding tert-OH is 4. The summed E-state index contributed by atoms with van der Waals surface area (Å²) in [5.41, 5.74) is 0. The third kappa shape index (κ3) is 29.5. The van der Waals surface area contributed by atoms with E-state index in [-0.39, 0.29) is 26.1 Å². The predicted octanol–water partition coefficient (Wildman–Crippen LogP) is 9.67. The highest BCUT2D eigenvalue weighted by Gasteiger charge is 2.44. The zero-order chi connectivity index (χ0) is 41.6. The van der Waals surface area contributed by atoms with Crippen molar-refractivity contribution in [2.45, 2.75) is 218 Å². The first-order valence-electron chi connectivity index (χ1n) is 22.7. The van der Waals surface area contributed by atoms with E-state index in [4.69, 9.17) is 18.9 Å². The minimum absolute atomic E-state index is 0.141. The van der Waals surface area contributed by atoms with Crippen molar-refractivity contribution in [1.82, 2.24) is 0 Å². The maximum atomic E-state index is 12.7. The fourth-order valence-electron chi connectivity index (χ4n) is 6.56. The molecule has 1 fully saturated rings. The molecule has 0 radical (unpaired) electrons. The molecule has 10 nitrogen and oxygen atoms in total. The maximum absolute atomic E-state index is 12.7. The van der Waals surface area contributed by atoms with Gasteiger partial charge in [0.25, 0.3) is 0 Å². The molecule has 0 aliphatic carbocycles. The first kappa shape index (κ1) is 52.7. The molecule has 10 heteroatoms. The number of aliphatic hydroxyl groups is 4. The molecule has 1 aliphatic rings. The molecule has 0 aromatic rings. The van der Waals surface area contributed by atoms with E-state index in [1.165, 1.54) is 89.9 Å². The number of carbonyl (C=O) groups is 2. The molecule has 0 aromatic carbocycles. The van der Waals surface area contributed by atoms with Crippen molar-refractivity contribution in [3.05, 3.63) is 48.6 Å². The molecule has 2 unspecified atom stereocenters. The monoisotopic (exact) mass is 807 g/mol. The van der Waals surface area contributed by atoms with Gasteiger partial charge in [0.1, 0.15) is 31.0 Å². The standard InChI is InChI=1S/C47H82O10/c1-3-5-7-9-11-13-15-17-19-20-22-23-25-27-29-31-33-35-42(49)54-38-40(39-55-47-46(53)45(52)44(51)41(37-48)57-47)56-43(50)36-34-32-30-28-26-24-21-18-16-14-12-10-8-6-4-2/h11,13,17,19,22-23,30,32,40-41,44-48,51-53H,3-10,12,14-16,18,20-21,24-29,31,33-39H2,1-2H3/b13-11+,19-17+,23-22+,32-30+/t40-,41-,44+,45?,46?,47-/m0/s1. The summed E-state index contributed by atoms with van der Waals surface area (Å²) in [6.07, 6.45) is 37.0. The Morgan fingerprint density at radius 1 is 0.544 bits per heavy atom. The number of hydrogen-bond donors (Lipinski definition) is 4. The van der Waals surface area contributed by atoms with Crippen LogP contribution in [0.5, 0.6) is 0 Å². The van der Waals surface area contributed by atoms with Crippen molar-refractivity contribution in [2.24, 2.45) is 0 Å². The lowest BCUT2D eigenvalue weighted by atomic mass is 9.99. The molecule has 0 bridgehead atoms. The maximum Gasteiger partial charge on any atom is 0.306 e. The van der Waals surface area contributed by atoms with Crippen molar-refractivity contribution in [3.63, 3.8) is 0 Å². The largest absolute Gasteiger partial charge is 0.462 e. The van der Waals surface area contributed by atoms with Crippen molar-refractivity contribution >= 4 is 11.9 Å². The SMILES string of the molecule is CCCCC/C=C/C/C=C/C/C=C/CCCCCCC(=O)OC[C@@H](CO[C@H]1O[C@@H](CO)[C@@H](O)C(O)C1O)OC(=O)CC/C=C/CCCCCCCCCCCCC. The fourth-order valence-corrected chi connectivity index (χ4v) is 6.56. The van der Waals surface area contributed by atoms with Crippen LogP contribution in [-0.4, -0.2) is 89.0 Å². The normalized spacial score (nSPS) is 20.7. The third-order valence-electron chi connectivity index (χ3n) is 10.2. The van der Waals surface area contributed by atoms with Gasteiger partial charge in [0.05, 0.1) is 13.2 Å². The van der Waals surface area contributed by atoms with Crippen molar-refractivity contribution in [2.75, 3.05) is 19.8 Å². The van der Waals surface area contributed by atoms with Crippen LogP contribution < -0.4 is 0 Å². The van der Waals surface area contributed by atoms with Crippen LogP contribution >= 0.6 is 0 Å². The third-order valence-corrected chi connectivity index (χ3v) is 10.2. The first-order chi connectivity index (χ1) is 27.8. The van der Waals surface area contributed by atoms with Gasteiger partial charge >= 0.3 is 11.9 Å². The topological polar surface area (TPSA) is 152 Å².